The average molecular weight is 378 g/mol. The lowest BCUT2D eigenvalue weighted by atomic mass is 10.0. The zero-order valence-corrected chi connectivity index (χ0v) is 16.0. The van der Waals surface area contributed by atoms with Crippen molar-refractivity contribution in [1.29, 1.82) is 5.26 Å². The summed E-state index contributed by atoms with van der Waals surface area (Å²) in [6, 6.07) is 15.7. The van der Waals surface area contributed by atoms with Gasteiger partial charge in [-0.15, -0.1) is 11.3 Å². The second-order valence-corrected chi connectivity index (χ2v) is 6.36. The molecular formula is C21H18N2O3S. The third-order valence-corrected chi connectivity index (χ3v) is 4.88. The van der Waals surface area contributed by atoms with Crippen molar-refractivity contribution in [3.63, 3.8) is 0 Å². The minimum absolute atomic E-state index is 0.503. The number of ether oxygens (including phenoxy) is 3. The molecule has 1 heterocycles. The van der Waals surface area contributed by atoms with Gasteiger partial charge in [0.05, 0.1) is 33.1 Å². The lowest BCUT2D eigenvalue weighted by Gasteiger charge is -2.14. The Labute approximate surface area is 162 Å². The summed E-state index contributed by atoms with van der Waals surface area (Å²) in [7, 11) is 4.68. The van der Waals surface area contributed by atoms with E-state index in [1.165, 1.54) is 17.4 Å². The maximum atomic E-state index is 9.30. The van der Waals surface area contributed by atoms with Crippen LogP contribution in [0, 0.1) is 11.3 Å². The molecule has 3 aromatic rings. The van der Waals surface area contributed by atoms with Crippen LogP contribution in [0.3, 0.4) is 0 Å². The van der Waals surface area contributed by atoms with Crippen LogP contribution in [0.15, 0.2) is 53.9 Å². The first-order chi connectivity index (χ1) is 13.2. The third-order valence-electron chi connectivity index (χ3n) is 3.99. The molecule has 0 radical (unpaired) electrons. The van der Waals surface area contributed by atoms with Crippen LogP contribution in [0.1, 0.15) is 11.3 Å². The van der Waals surface area contributed by atoms with E-state index in [4.69, 9.17) is 19.2 Å². The summed E-state index contributed by atoms with van der Waals surface area (Å²) < 4.78 is 16.2. The van der Waals surface area contributed by atoms with Crippen LogP contribution in [0.5, 0.6) is 17.2 Å². The number of nitriles is 1. The lowest BCUT2D eigenvalue weighted by Crippen LogP contribution is -1.98. The fraction of sp³-hybridized carbons (Fsp3) is 0.143. The second-order valence-electron chi connectivity index (χ2n) is 5.51. The third kappa shape index (κ3) is 3.78. The minimum Gasteiger partial charge on any atom is -0.493 e. The van der Waals surface area contributed by atoms with Gasteiger partial charge in [-0.2, -0.15) is 5.26 Å². The SMILES string of the molecule is COc1cc(/C(=C\C#N)c2csc(-c3ccccc3)n2)cc(OC)c1OC. The monoisotopic (exact) mass is 378 g/mol. The molecule has 2 aromatic carbocycles. The van der Waals surface area contributed by atoms with Crippen LogP contribution >= 0.6 is 11.3 Å². The van der Waals surface area contributed by atoms with Crippen LogP contribution in [-0.4, -0.2) is 26.3 Å². The quantitative estimate of drug-likeness (QED) is 0.577. The molecule has 0 unspecified atom stereocenters. The Morgan fingerprint density at radius 1 is 1.04 bits per heavy atom. The van der Waals surface area contributed by atoms with Crippen LogP contribution in [0.25, 0.3) is 16.1 Å². The van der Waals surface area contributed by atoms with Crippen LogP contribution in [0.4, 0.5) is 0 Å². The highest BCUT2D eigenvalue weighted by Gasteiger charge is 2.18. The van der Waals surface area contributed by atoms with E-state index in [1.54, 1.807) is 21.3 Å². The van der Waals surface area contributed by atoms with Crippen molar-refractivity contribution in [2.24, 2.45) is 0 Å². The number of hydrogen-bond acceptors (Lipinski definition) is 6. The number of rotatable bonds is 6. The first-order valence-electron chi connectivity index (χ1n) is 8.13. The van der Waals surface area contributed by atoms with Crippen molar-refractivity contribution in [3.8, 4) is 33.9 Å². The van der Waals surface area contributed by atoms with Crippen LogP contribution in [-0.2, 0) is 0 Å². The Bertz CT molecular complexity index is 979. The van der Waals surface area contributed by atoms with E-state index < -0.39 is 0 Å². The molecule has 0 aliphatic heterocycles. The van der Waals surface area contributed by atoms with Gasteiger partial charge in [0.2, 0.25) is 5.75 Å². The fourth-order valence-corrected chi connectivity index (χ4v) is 3.54. The predicted molar refractivity (Wildman–Crippen MR) is 106 cm³/mol. The van der Waals surface area contributed by atoms with Crippen molar-refractivity contribution in [3.05, 3.63) is 65.2 Å². The molecule has 0 N–H and O–H groups in total. The number of benzene rings is 2. The van der Waals surface area contributed by atoms with Crippen molar-refractivity contribution in [2.75, 3.05) is 21.3 Å². The summed E-state index contributed by atoms with van der Waals surface area (Å²) >= 11 is 1.53. The van der Waals surface area contributed by atoms with Crippen molar-refractivity contribution >= 4 is 16.9 Å². The maximum absolute atomic E-state index is 9.30. The molecule has 0 bridgehead atoms. The van der Waals surface area contributed by atoms with Gasteiger partial charge in [-0.25, -0.2) is 4.98 Å². The summed E-state index contributed by atoms with van der Waals surface area (Å²) in [5.74, 6) is 1.55. The average Bonchev–Trinajstić information content (AvgIpc) is 3.21. The predicted octanol–water partition coefficient (Wildman–Crippen LogP) is 4.79. The van der Waals surface area contributed by atoms with E-state index in [0.717, 1.165) is 21.8 Å². The number of thiazole rings is 1. The summed E-state index contributed by atoms with van der Waals surface area (Å²) in [6.07, 6.45) is 1.48. The Hall–Kier alpha value is -3.30. The van der Waals surface area contributed by atoms with E-state index in [9.17, 15) is 5.26 Å². The maximum Gasteiger partial charge on any atom is 0.203 e. The summed E-state index contributed by atoms with van der Waals surface area (Å²) in [5.41, 5.74) is 3.20. The van der Waals surface area contributed by atoms with Crippen molar-refractivity contribution in [2.45, 2.75) is 0 Å². The molecule has 6 heteroatoms. The molecule has 5 nitrogen and oxygen atoms in total. The van der Waals surface area contributed by atoms with Gasteiger partial charge in [0.15, 0.2) is 11.5 Å². The molecule has 1 aromatic heterocycles. The Morgan fingerprint density at radius 2 is 1.70 bits per heavy atom. The number of aromatic nitrogens is 1. The Kier molecular flexibility index (Phi) is 5.74. The first-order valence-corrected chi connectivity index (χ1v) is 9.01. The van der Waals surface area contributed by atoms with Crippen molar-refractivity contribution in [1.82, 2.24) is 4.98 Å². The van der Waals surface area contributed by atoms with Gasteiger partial charge in [-0.1, -0.05) is 30.3 Å². The topological polar surface area (TPSA) is 64.4 Å². The second kappa shape index (κ2) is 8.39. The Morgan fingerprint density at radius 3 is 2.26 bits per heavy atom. The highest BCUT2D eigenvalue weighted by molar-refractivity contribution is 7.13. The molecule has 3 rings (SSSR count). The van der Waals surface area contributed by atoms with E-state index in [2.05, 4.69) is 6.07 Å². The molecule has 27 heavy (non-hydrogen) atoms. The van der Waals surface area contributed by atoms with Gasteiger partial charge < -0.3 is 14.2 Å². The number of hydrogen-bond donors (Lipinski definition) is 0. The molecule has 0 spiro atoms. The zero-order valence-electron chi connectivity index (χ0n) is 15.2. The molecule has 136 valence electrons. The van der Waals surface area contributed by atoms with E-state index in [1.807, 2.05) is 47.8 Å². The van der Waals surface area contributed by atoms with Gasteiger partial charge in [0, 0.05) is 22.6 Å². The molecule has 0 aliphatic rings. The number of allylic oxidation sites excluding steroid dienone is 1. The summed E-state index contributed by atoms with van der Waals surface area (Å²) in [4.78, 5) is 4.72. The van der Waals surface area contributed by atoms with Gasteiger partial charge in [-0.3, -0.25) is 0 Å². The first kappa shape index (κ1) is 18.5. The molecule has 0 fully saturated rings. The molecule has 0 saturated heterocycles. The largest absolute Gasteiger partial charge is 0.493 e. The van der Waals surface area contributed by atoms with Crippen LogP contribution in [0.2, 0.25) is 0 Å². The Balaban J connectivity index is 2.09. The highest BCUT2D eigenvalue weighted by Crippen LogP contribution is 2.41. The molecule has 0 aliphatic carbocycles. The fourth-order valence-electron chi connectivity index (χ4n) is 2.72. The highest BCUT2D eigenvalue weighted by atomic mass is 32.1. The smallest absolute Gasteiger partial charge is 0.203 e. The molecule has 0 atom stereocenters. The van der Waals surface area contributed by atoms with E-state index in [0.29, 0.717) is 22.8 Å². The van der Waals surface area contributed by atoms with Crippen LogP contribution < -0.4 is 14.2 Å². The summed E-state index contributed by atoms with van der Waals surface area (Å²) in [6.45, 7) is 0. The van der Waals surface area contributed by atoms with Gasteiger partial charge in [-0.05, 0) is 17.7 Å². The van der Waals surface area contributed by atoms with Gasteiger partial charge >= 0.3 is 0 Å². The van der Waals surface area contributed by atoms with Crippen molar-refractivity contribution < 1.29 is 14.2 Å². The van der Waals surface area contributed by atoms with Gasteiger partial charge in [0.1, 0.15) is 5.01 Å². The van der Waals surface area contributed by atoms with Gasteiger partial charge in [0.25, 0.3) is 0 Å². The number of nitrogens with zero attached hydrogens (tertiary/aromatic N) is 2. The lowest BCUT2D eigenvalue weighted by molar-refractivity contribution is 0.324. The normalized spacial score (nSPS) is 11.0. The standard InChI is InChI=1S/C21H18N2O3S/c1-24-18-11-15(12-19(25-2)20(18)26-3)16(9-10-22)17-13-27-21(23-17)14-7-5-4-6-8-14/h4-9,11-13H,1-3H3/b16-9+. The van der Waals surface area contributed by atoms with E-state index in [-0.39, 0.29) is 0 Å². The molecule has 0 saturated carbocycles. The minimum atomic E-state index is 0.503. The summed E-state index contributed by atoms with van der Waals surface area (Å²) in [5, 5.41) is 12.1. The molecule has 0 amide bonds. The number of methoxy groups -OCH3 is 3. The van der Waals surface area contributed by atoms with E-state index >= 15 is 0 Å². The molecular weight excluding hydrogens is 360 g/mol. The zero-order chi connectivity index (χ0) is 19.2.